The molecule has 0 bridgehead atoms. The van der Waals surface area contributed by atoms with Crippen molar-refractivity contribution >= 4 is 39.6 Å². The molecule has 11 heteroatoms. The van der Waals surface area contributed by atoms with E-state index in [-0.39, 0.29) is 30.0 Å². The third-order valence-corrected chi connectivity index (χ3v) is 4.41. The Morgan fingerprint density at radius 1 is 1.19 bits per heavy atom. The average molecular weight is 502 g/mol. The predicted molar refractivity (Wildman–Crippen MR) is 112 cm³/mol. The van der Waals surface area contributed by atoms with Crippen molar-refractivity contribution in [1.82, 2.24) is 5.43 Å². The molecular weight excluding hydrogens is 483 g/mol. The Hall–Kier alpha value is -3.08. The Balaban J connectivity index is 1.85. The molecule has 0 aromatic heterocycles. The lowest BCUT2D eigenvalue weighted by molar-refractivity contribution is -0.137. The molecule has 0 radical (unpaired) electrons. The van der Waals surface area contributed by atoms with Gasteiger partial charge >= 0.3 is 6.18 Å². The number of anilines is 1. The zero-order valence-electron chi connectivity index (χ0n) is 16.3. The fraction of sp³-hybridized carbons (Fsp3) is 0.250. The summed E-state index contributed by atoms with van der Waals surface area (Å²) in [7, 11) is 0. The van der Waals surface area contributed by atoms with Crippen molar-refractivity contribution in [2.24, 2.45) is 5.10 Å². The molecule has 2 rings (SSSR count). The molecule has 0 fully saturated rings. The smallest absolute Gasteiger partial charge is 0.416 e. The number of halogens is 4. The summed E-state index contributed by atoms with van der Waals surface area (Å²) < 4.78 is 43.8. The number of phenols is 1. The summed E-state index contributed by atoms with van der Waals surface area (Å²) in [5, 5.41) is 16.0. The van der Waals surface area contributed by atoms with Crippen LogP contribution in [0.1, 0.15) is 30.9 Å². The van der Waals surface area contributed by atoms with Crippen LogP contribution < -0.4 is 15.5 Å². The summed E-state index contributed by atoms with van der Waals surface area (Å²) in [6.07, 6.45) is -3.65. The van der Waals surface area contributed by atoms with E-state index in [2.05, 4.69) is 31.8 Å². The van der Waals surface area contributed by atoms with Gasteiger partial charge in [-0.05, 0) is 58.7 Å². The maximum Gasteiger partial charge on any atom is 0.416 e. The topological polar surface area (TPSA) is 100 Å². The van der Waals surface area contributed by atoms with E-state index in [1.54, 1.807) is 13.0 Å². The third kappa shape index (κ3) is 7.59. The molecule has 2 aromatic carbocycles. The molecule has 166 valence electrons. The van der Waals surface area contributed by atoms with Gasteiger partial charge in [-0.2, -0.15) is 18.3 Å². The van der Waals surface area contributed by atoms with Crippen molar-refractivity contribution in [3.05, 3.63) is 52.0 Å². The highest BCUT2D eigenvalue weighted by Gasteiger charge is 2.30. The number of hydrogen-bond acceptors (Lipinski definition) is 5. The Morgan fingerprint density at radius 3 is 2.58 bits per heavy atom. The second-order valence-corrected chi connectivity index (χ2v) is 7.06. The number of benzene rings is 2. The molecule has 0 aliphatic rings. The number of alkyl halides is 3. The van der Waals surface area contributed by atoms with Crippen LogP contribution in [0, 0.1) is 0 Å². The fourth-order valence-corrected chi connectivity index (χ4v) is 2.85. The number of nitrogens with zero attached hydrogens (tertiary/aromatic N) is 1. The van der Waals surface area contributed by atoms with Crippen molar-refractivity contribution in [3.8, 4) is 11.5 Å². The van der Waals surface area contributed by atoms with Gasteiger partial charge in [0.15, 0.2) is 11.5 Å². The van der Waals surface area contributed by atoms with E-state index in [4.69, 9.17) is 4.74 Å². The number of aromatic hydroxyl groups is 1. The van der Waals surface area contributed by atoms with Crippen LogP contribution in [0.3, 0.4) is 0 Å². The molecule has 0 saturated carbocycles. The summed E-state index contributed by atoms with van der Waals surface area (Å²) >= 11 is 3.19. The number of phenolic OH excluding ortho intramolecular Hbond substituents is 1. The number of hydrazone groups is 1. The SMILES string of the molecule is CCOc1cc(/C=N/NC(=O)CCC(=O)Nc2cccc(C(F)(F)F)c2)cc(Br)c1O. The van der Waals surface area contributed by atoms with Crippen LogP contribution in [-0.4, -0.2) is 29.7 Å². The second-order valence-electron chi connectivity index (χ2n) is 6.20. The molecule has 3 N–H and O–H groups in total. The molecule has 2 aromatic rings. The lowest BCUT2D eigenvalue weighted by Gasteiger charge is -2.09. The number of hydrogen-bond donors (Lipinski definition) is 3. The van der Waals surface area contributed by atoms with E-state index < -0.39 is 23.6 Å². The number of ether oxygens (including phenoxy) is 1. The molecule has 0 aliphatic carbocycles. The number of nitrogens with one attached hydrogen (secondary N) is 2. The Kier molecular flexibility index (Phi) is 8.43. The minimum Gasteiger partial charge on any atom is -0.503 e. The molecule has 0 saturated heterocycles. The monoisotopic (exact) mass is 501 g/mol. The van der Waals surface area contributed by atoms with Crippen molar-refractivity contribution in [2.45, 2.75) is 25.9 Å². The Bertz CT molecular complexity index is 981. The summed E-state index contributed by atoms with van der Waals surface area (Å²) in [5.74, 6) is -0.980. The van der Waals surface area contributed by atoms with Gasteiger partial charge in [-0.25, -0.2) is 5.43 Å². The first kappa shape index (κ1) is 24.2. The molecule has 0 atom stereocenters. The van der Waals surface area contributed by atoms with Gasteiger partial charge in [0.1, 0.15) is 0 Å². The van der Waals surface area contributed by atoms with Crippen LogP contribution in [0.5, 0.6) is 11.5 Å². The zero-order valence-corrected chi connectivity index (χ0v) is 17.9. The molecule has 31 heavy (non-hydrogen) atoms. The normalized spacial score (nSPS) is 11.4. The maximum atomic E-state index is 12.7. The number of carbonyl (C=O) groups excluding carboxylic acids is 2. The Labute approximate surface area is 184 Å². The van der Waals surface area contributed by atoms with E-state index in [9.17, 15) is 27.9 Å². The highest BCUT2D eigenvalue weighted by atomic mass is 79.9. The maximum absolute atomic E-state index is 12.7. The van der Waals surface area contributed by atoms with E-state index in [1.165, 1.54) is 24.4 Å². The van der Waals surface area contributed by atoms with E-state index >= 15 is 0 Å². The average Bonchev–Trinajstić information content (AvgIpc) is 2.70. The zero-order chi connectivity index (χ0) is 23.0. The Morgan fingerprint density at radius 2 is 1.90 bits per heavy atom. The minimum atomic E-state index is -4.52. The highest BCUT2D eigenvalue weighted by molar-refractivity contribution is 9.10. The van der Waals surface area contributed by atoms with E-state index in [0.29, 0.717) is 16.6 Å². The van der Waals surface area contributed by atoms with Gasteiger partial charge in [0, 0.05) is 18.5 Å². The molecule has 0 unspecified atom stereocenters. The molecule has 7 nitrogen and oxygen atoms in total. The summed E-state index contributed by atoms with van der Waals surface area (Å²) in [4.78, 5) is 23.7. The second kappa shape index (κ2) is 10.8. The van der Waals surface area contributed by atoms with Gasteiger partial charge in [0.2, 0.25) is 11.8 Å². The first-order valence-corrected chi connectivity index (χ1v) is 9.83. The quantitative estimate of drug-likeness (QED) is 0.367. The molecule has 0 heterocycles. The van der Waals surface area contributed by atoms with Gasteiger partial charge in [0.05, 0.1) is 22.9 Å². The van der Waals surface area contributed by atoms with Crippen LogP contribution in [-0.2, 0) is 15.8 Å². The largest absolute Gasteiger partial charge is 0.503 e. The van der Waals surface area contributed by atoms with Crippen molar-refractivity contribution in [1.29, 1.82) is 0 Å². The first-order valence-electron chi connectivity index (χ1n) is 9.04. The lowest BCUT2D eigenvalue weighted by Crippen LogP contribution is -2.20. The number of amides is 2. The van der Waals surface area contributed by atoms with Gasteiger partial charge in [-0.3, -0.25) is 9.59 Å². The summed E-state index contributed by atoms with van der Waals surface area (Å²) in [5.41, 5.74) is 1.89. The summed E-state index contributed by atoms with van der Waals surface area (Å²) in [6.45, 7) is 2.11. The first-order chi connectivity index (χ1) is 14.6. The molecule has 0 aliphatic heterocycles. The summed E-state index contributed by atoms with van der Waals surface area (Å²) in [6, 6.07) is 7.31. The van der Waals surface area contributed by atoms with Crippen molar-refractivity contribution in [3.63, 3.8) is 0 Å². The van der Waals surface area contributed by atoms with Gasteiger partial charge < -0.3 is 15.2 Å². The van der Waals surface area contributed by atoms with Crippen molar-refractivity contribution in [2.75, 3.05) is 11.9 Å². The van der Waals surface area contributed by atoms with Gasteiger partial charge in [-0.15, -0.1) is 0 Å². The van der Waals surface area contributed by atoms with Crippen LogP contribution >= 0.6 is 15.9 Å². The highest BCUT2D eigenvalue weighted by Crippen LogP contribution is 2.35. The molecule has 0 spiro atoms. The molecule has 2 amide bonds. The number of carbonyl (C=O) groups is 2. The van der Waals surface area contributed by atoms with Gasteiger partial charge in [0.25, 0.3) is 0 Å². The third-order valence-electron chi connectivity index (χ3n) is 3.81. The van der Waals surface area contributed by atoms with E-state index in [1.807, 2.05) is 0 Å². The van der Waals surface area contributed by atoms with Crippen LogP contribution in [0.4, 0.5) is 18.9 Å². The standard InChI is InChI=1S/C20H19BrF3N3O4/c1-2-31-16-9-12(8-15(21)19(16)30)11-25-27-18(29)7-6-17(28)26-14-5-3-4-13(10-14)20(22,23)24/h3-5,8-11,30H,2,6-7H2,1H3,(H,26,28)(H,27,29)/b25-11+. The van der Waals surface area contributed by atoms with Crippen molar-refractivity contribution < 1.29 is 32.6 Å². The predicted octanol–water partition coefficient (Wildman–Crippen LogP) is 4.44. The van der Waals surface area contributed by atoms with Gasteiger partial charge in [-0.1, -0.05) is 6.07 Å². The van der Waals surface area contributed by atoms with Crippen LogP contribution in [0.15, 0.2) is 46.0 Å². The fourth-order valence-electron chi connectivity index (χ4n) is 2.39. The van der Waals surface area contributed by atoms with E-state index in [0.717, 1.165) is 12.1 Å². The molecular formula is C20H19BrF3N3O4. The van der Waals surface area contributed by atoms with Crippen LogP contribution in [0.2, 0.25) is 0 Å². The minimum absolute atomic E-state index is 0.0127. The lowest BCUT2D eigenvalue weighted by atomic mass is 10.2. The number of rotatable bonds is 8. The van der Waals surface area contributed by atoms with Crippen LogP contribution in [0.25, 0.3) is 0 Å².